The molecule has 0 spiro atoms. The van der Waals surface area contributed by atoms with Gasteiger partial charge in [-0.2, -0.15) is 0 Å². The van der Waals surface area contributed by atoms with E-state index in [1.54, 1.807) is 11.1 Å². The third-order valence-electron chi connectivity index (χ3n) is 5.74. The lowest BCUT2D eigenvalue weighted by atomic mass is 10.1. The van der Waals surface area contributed by atoms with Crippen molar-refractivity contribution in [2.75, 3.05) is 16.8 Å². The van der Waals surface area contributed by atoms with Crippen LogP contribution in [0.3, 0.4) is 0 Å². The maximum Gasteiger partial charge on any atom is 0.332 e. The first kappa shape index (κ1) is 20.5. The van der Waals surface area contributed by atoms with Crippen LogP contribution in [-0.2, 0) is 30.1 Å². The number of para-hydroxylation sites is 1. The maximum absolute atomic E-state index is 13.1. The van der Waals surface area contributed by atoms with Crippen molar-refractivity contribution in [3.63, 3.8) is 0 Å². The molecular weight excluding hydrogens is 398 g/mol. The Morgan fingerprint density at radius 2 is 1.84 bits per heavy atom. The van der Waals surface area contributed by atoms with Crippen molar-refractivity contribution in [3.05, 3.63) is 62.9 Å². The molecule has 9 nitrogen and oxygen atoms in total. The number of hydrogen-bond donors (Lipinski definition) is 1. The van der Waals surface area contributed by atoms with Gasteiger partial charge in [0.2, 0.25) is 11.8 Å². The van der Waals surface area contributed by atoms with E-state index in [-0.39, 0.29) is 35.8 Å². The van der Waals surface area contributed by atoms with Gasteiger partial charge in [-0.15, -0.1) is 0 Å². The first-order chi connectivity index (χ1) is 14.8. The fraction of sp³-hybridized carbons (Fsp3) is 0.318. The van der Waals surface area contributed by atoms with Crippen molar-refractivity contribution in [2.45, 2.75) is 19.8 Å². The number of nitrogens with one attached hydrogen (secondary N) is 1. The molecule has 2 aromatic heterocycles. The second-order valence-corrected chi connectivity index (χ2v) is 7.65. The fourth-order valence-corrected chi connectivity index (χ4v) is 3.94. The van der Waals surface area contributed by atoms with E-state index in [4.69, 9.17) is 0 Å². The number of aromatic nitrogens is 3. The molecule has 9 heteroatoms. The number of nitrogens with zero attached hydrogens (tertiary/aromatic N) is 4. The zero-order valence-corrected chi connectivity index (χ0v) is 17.6. The van der Waals surface area contributed by atoms with Crippen LogP contribution >= 0.6 is 0 Å². The highest BCUT2D eigenvalue weighted by Gasteiger charge is 2.35. The summed E-state index contributed by atoms with van der Waals surface area (Å²) in [6.45, 7) is 2.15. The van der Waals surface area contributed by atoms with Crippen molar-refractivity contribution < 1.29 is 9.59 Å². The Hall–Kier alpha value is -3.75. The van der Waals surface area contributed by atoms with Gasteiger partial charge in [-0.1, -0.05) is 25.1 Å². The molecule has 31 heavy (non-hydrogen) atoms. The monoisotopic (exact) mass is 421 g/mol. The van der Waals surface area contributed by atoms with Crippen LogP contribution in [0.4, 0.5) is 11.4 Å². The number of pyridine rings is 1. The van der Waals surface area contributed by atoms with Crippen LogP contribution in [0.2, 0.25) is 0 Å². The summed E-state index contributed by atoms with van der Waals surface area (Å²) in [6, 6.07) is 9.20. The number of aryl methyl sites for hydroxylation is 2. The van der Waals surface area contributed by atoms with Crippen molar-refractivity contribution in [2.24, 2.45) is 20.0 Å². The van der Waals surface area contributed by atoms with Gasteiger partial charge < -0.3 is 10.2 Å². The lowest BCUT2D eigenvalue weighted by molar-refractivity contribution is -0.122. The minimum Gasteiger partial charge on any atom is -0.325 e. The normalized spacial score (nSPS) is 16.2. The number of rotatable bonds is 4. The summed E-state index contributed by atoms with van der Waals surface area (Å²) in [4.78, 5) is 56.6. The Balaban J connectivity index is 1.72. The predicted octanol–water partition coefficient (Wildman–Crippen LogP) is 1.19. The van der Waals surface area contributed by atoms with Crippen LogP contribution in [0.15, 0.2) is 46.1 Å². The number of benzene rings is 1. The summed E-state index contributed by atoms with van der Waals surface area (Å²) in [5.41, 5.74) is 0.959. The van der Waals surface area contributed by atoms with E-state index in [0.717, 1.165) is 10.3 Å². The highest BCUT2D eigenvalue weighted by molar-refractivity contribution is 6.06. The Labute approximate surface area is 177 Å². The second kappa shape index (κ2) is 7.82. The Bertz CT molecular complexity index is 1310. The smallest absolute Gasteiger partial charge is 0.325 e. The van der Waals surface area contributed by atoms with Gasteiger partial charge >= 0.3 is 5.69 Å². The molecule has 3 heterocycles. The molecule has 4 rings (SSSR count). The van der Waals surface area contributed by atoms with E-state index in [0.29, 0.717) is 17.7 Å². The summed E-state index contributed by atoms with van der Waals surface area (Å²) < 4.78 is 2.28. The van der Waals surface area contributed by atoms with E-state index in [2.05, 4.69) is 10.3 Å². The summed E-state index contributed by atoms with van der Waals surface area (Å²) in [5, 5.41) is 3.05. The molecule has 1 aromatic carbocycles. The summed E-state index contributed by atoms with van der Waals surface area (Å²) in [7, 11) is 2.92. The van der Waals surface area contributed by atoms with Gasteiger partial charge in [-0.25, -0.2) is 9.78 Å². The molecule has 0 aliphatic carbocycles. The highest BCUT2D eigenvalue weighted by Crippen LogP contribution is 2.28. The SMILES string of the molecule is CCc1cnc2c(c1NC(=O)C1CC(=O)N(c3ccccc3)C1)c(=O)n(C)c(=O)n2C. The number of hydrogen-bond acceptors (Lipinski definition) is 5. The molecule has 3 aromatic rings. The average Bonchev–Trinajstić information content (AvgIpc) is 3.18. The van der Waals surface area contributed by atoms with Crippen molar-refractivity contribution in [3.8, 4) is 0 Å². The summed E-state index contributed by atoms with van der Waals surface area (Å²) in [6.07, 6.45) is 2.18. The van der Waals surface area contributed by atoms with Crippen molar-refractivity contribution in [1.82, 2.24) is 14.1 Å². The second-order valence-electron chi connectivity index (χ2n) is 7.65. The van der Waals surface area contributed by atoms with Gasteiger partial charge in [0.25, 0.3) is 5.56 Å². The molecule has 0 radical (unpaired) electrons. The van der Waals surface area contributed by atoms with Crippen LogP contribution in [0, 0.1) is 5.92 Å². The van der Waals surface area contributed by atoms with Crippen molar-refractivity contribution in [1.29, 1.82) is 0 Å². The van der Waals surface area contributed by atoms with Crippen LogP contribution < -0.4 is 21.5 Å². The molecule has 1 aliphatic heterocycles. The Morgan fingerprint density at radius 1 is 1.13 bits per heavy atom. The first-order valence-electron chi connectivity index (χ1n) is 10.1. The standard InChI is InChI=1S/C22H23N5O4/c1-4-13-11-23-19-17(21(30)26(3)22(31)25(19)2)18(13)24-20(29)14-10-16(28)27(12-14)15-8-6-5-7-9-15/h5-9,11,14H,4,10,12H2,1-3H3,(H,23,24,29). The third-order valence-corrected chi connectivity index (χ3v) is 5.74. The molecule has 1 N–H and O–H groups in total. The molecule has 2 amide bonds. The average molecular weight is 421 g/mol. The molecule has 160 valence electrons. The molecule has 0 saturated carbocycles. The fourth-order valence-electron chi connectivity index (χ4n) is 3.94. The van der Waals surface area contributed by atoms with E-state index < -0.39 is 17.2 Å². The molecular formula is C22H23N5O4. The number of carbonyl (C=O) groups excluding carboxylic acids is 2. The third kappa shape index (κ3) is 3.41. The van der Waals surface area contributed by atoms with Gasteiger partial charge in [0.15, 0.2) is 5.65 Å². The van der Waals surface area contributed by atoms with Gasteiger partial charge in [0, 0.05) is 38.9 Å². The lowest BCUT2D eigenvalue weighted by Gasteiger charge is -2.18. The minimum atomic E-state index is -0.558. The Morgan fingerprint density at radius 3 is 2.52 bits per heavy atom. The van der Waals surface area contributed by atoms with E-state index in [9.17, 15) is 19.2 Å². The largest absolute Gasteiger partial charge is 0.332 e. The maximum atomic E-state index is 13.1. The van der Waals surface area contributed by atoms with Crippen LogP contribution in [0.5, 0.6) is 0 Å². The van der Waals surface area contributed by atoms with Gasteiger partial charge in [-0.3, -0.25) is 23.5 Å². The topological polar surface area (TPSA) is 106 Å². The molecule has 1 saturated heterocycles. The van der Waals surface area contributed by atoms with Crippen LogP contribution in [-0.4, -0.2) is 32.5 Å². The predicted molar refractivity (Wildman–Crippen MR) is 117 cm³/mol. The zero-order chi connectivity index (χ0) is 22.3. The number of fused-ring (bicyclic) bond motifs is 1. The van der Waals surface area contributed by atoms with Crippen molar-refractivity contribution >= 4 is 34.2 Å². The van der Waals surface area contributed by atoms with E-state index in [1.807, 2.05) is 37.3 Å². The summed E-state index contributed by atoms with van der Waals surface area (Å²) in [5.74, 6) is -1.03. The van der Waals surface area contributed by atoms with E-state index >= 15 is 0 Å². The summed E-state index contributed by atoms with van der Waals surface area (Å²) >= 11 is 0. The molecule has 1 atom stereocenters. The minimum absolute atomic E-state index is 0.0850. The molecule has 1 aliphatic rings. The van der Waals surface area contributed by atoms with Gasteiger partial charge in [0.1, 0.15) is 5.39 Å². The van der Waals surface area contributed by atoms with Gasteiger partial charge in [0.05, 0.1) is 11.6 Å². The van der Waals surface area contributed by atoms with Crippen LogP contribution in [0.25, 0.3) is 11.0 Å². The lowest BCUT2D eigenvalue weighted by Crippen LogP contribution is -2.38. The molecule has 0 bridgehead atoms. The zero-order valence-electron chi connectivity index (χ0n) is 17.6. The number of anilines is 2. The first-order valence-corrected chi connectivity index (χ1v) is 10.1. The quantitative estimate of drug-likeness (QED) is 0.681. The molecule has 1 unspecified atom stereocenters. The number of carbonyl (C=O) groups is 2. The van der Waals surface area contributed by atoms with E-state index in [1.165, 1.54) is 18.7 Å². The highest BCUT2D eigenvalue weighted by atomic mass is 16.2. The van der Waals surface area contributed by atoms with Crippen LogP contribution in [0.1, 0.15) is 18.9 Å². The Kier molecular flexibility index (Phi) is 5.18. The number of amides is 2. The molecule has 1 fully saturated rings. The van der Waals surface area contributed by atoms with Gasteiger partial charge in [-0.05, 0) is 24.1 Å².